The lowest BCUT2D eigenvalue weighted by molar-refractivity contribution is 0.0951. The standard InChI is InChI=1S/C24H24N2O2/c1-18-7-5-11-22(17-18)26-24(28)21-14-12-20(13-15-21)23(27)25-16-6-10-19-8-3-2-4-9-19/h2-5,7-9,11-15,17H,6,10,16H2,1H3,(H,25,27)(H,26,28). The Morgan fingerprint density at radius 1 is 0.786 bits per heavy atom. The quantitative estimate of drug-likeness (QED) is 0.595. The number of nitrogens with one attached hydrogen (secondary N) is 2. The zero-order chi connectivity index (χ0) is 19.8. The summed E-state index contributed by atoms with van der Waals surface area (Å²) in [6, 6.07) is 24.5. The summed E-state index contributed by atoms with van der Waals surface area (Å²) in [6.45, 7) is 2.59. The molecule has 0 aliphatic rings. The van der Waals surface area contributed by atoms with Gasteiger partial charge in [0.15, 0.2) is 0 Å². The number of carbonyl (C=O) groups excluding carboxylic acids is 2. The van der Waals surface area contributed by atoms with E-state index in [9.17, 15) is 9.59 Å². The van der Waals surface area contributed by atoms with Crippen molar-refractivity contribution in [3.05, 3.63) is 101 Å². The molecule has 0 radical (unpaired) electrons. The van der Waals surface area contributed by atoms with Crippen LogP contribution in [0, 0.1) is 6.92 Å². The lowest BCUT2D eigenvalue weighted by Crippen LogP contribution is -2.24. The van der Waals surface area contributed by atoms with Gasteiger partial charge in [0, 0.05) is 23.4 Å². The fourth-order valence-corrected chi connectivity index (χ4v) is 2.94. The molecule has 0 saturated carbocycles. The number of rotatable bonds is 7. The summed E-state index contributed by atoms with van der Waals surface area (Å²) >= 11 is 0. The molecule has 0 aliphatic heterocycles. The molecule has 3 aromatic rings. The van der Waals surface area contributed by atoms with Crippen LogP contribution in [-0.4, -0.2) is 18.4 Å². The van der Waals surface area contributed by atoms with Gasteiger partial charge in [0.2, 0.25) is 0 Å². The Morgan fingerprint density at radius 3 is 2.14 bits per heavy atom. The van der Waals surface area contributed by atoms with Gasteiger partial charge in [-0.15, -0.1) is 0 Å². The zero-order valence-corrected chi connectivity index (χ0v) is 15.9. The van der Waals surface area contributed by atoms with Crippen molar-refractivity contribution in [3.8, 4) is 0 Å². The van der Waals surface area contributed by atoms with E-state index in [0.717, 1.165) is 24.1 Å². The van der Waals surface area contributed by atoms with Gasteiger partial charge in [-0.1, -0.05) is 42.5 Å². The van der Waals surface area contributed by atoms with Crippen molar-refractivity contribution in [2.24, 2.45) is 0 Å². The van der Waals surface area contributed by atoms with E-state index in [0.29, 0.717) is 17.7 Å². The van der Waals surface area contributed by atoms with Gasteiger partial charge in [-0.25, -0.2) is 0 Å². The summed E-state index contributed by atoms with van der Waals surface area (Å²) in [6.07, 6.45) is 1.81. The predicted octanol–water partition coefficient (Wildman–Crippen LogP) is 4.61. The first-order valence-corrected chi connectivity index (χ1v) is 9.42. The summed E-state index contributed by atoms with van der Waals surface area (Å²) in [4.78, 5) is 24.6. The maximum Gasteiger partial charge on any atom is 0.255 e. The molecule has 0 atom stereocenters. The summed E-state index contributed by atoms with van der Waals surface area (Å²) in [5.41, 5.74) is 4.16. The van der Waals surface area contributed by atoms with E-state index in [-0.39, 0.29) is 11.8 Å². The minimum absolute atomic E-state index is 0.126. The van der Waals surface area contributed by atoms with E-state index in [1.807, 2.05) is 49.4 Å². The number of amides is 2. The van der Waals surface area contributed by atoms with Gasteiger partial charge in [-0.3, -0.25) is 9.59 Å². The van der Waals surface area contributed by atoms with E-state index in [1.54, 1.807) is 24.3 Å². The smallest absolute Gasteiger partial charge is 0.255 e. The Morgan fingerprint density at radius 2 is 1.46 bits per heavy atom. The molecular weight excluding hydrogens is 348 g/mol. The van der Waals surface area contributed by atoms with E-state index >= 15 is 0 Å². The molecule has 142 valence electrons. The van der Waals surface area contributed by atoms with Gasteiger partial charge in [-0.2, -0.15) is 0 Å². The number of carbonyl (C=O) groups is 2. The minimum atomic E-state index is -0.194. The molecule has 4 heteroatoms. The molecule has 2 N–H and O–H groups in total. The van der Waals surface area contributed by atoms with Gasteiger partial charge in [0.25, 0.3) is 11.8 Å². The molecule has 0 spiro atoms. The van der Waals surface area contributed by atoms with E-state index in [2.05, 4.69) is 22.8 Å². The lowest BCUT2D eigenvalue weighted by Gasteiger charge is -2.08. The highest BCUT2D eigenvalue weighted by Crippen LogP contribution is 2.12. The van der Waals surface area contributed by atoms with E-state index in [1.165, 1.54) is 5.56 Å². The summed E-state index contributed by atoms with van der Waals surface area (Å²) < 4.78 is 0. The van der Waals surface area contributed by atoms with Crippen molar-refractivity contribution < 1.29 is 9.59 Å². The molecule has 0 bridgehead atoms. The minimum Gasteiger partial charge on any atom is -0.352 e. The Labute approximate surface area is 165 Å². The van der Waals surface area contributed by atoms with Gasteiger partial charge in [0.1, 0.15) is 0 Å². The molecule has 3 aromatic carbocycles. The largest absolute Gasteiger partial charge is 0.352 e. The van der Waals surface area contributed by atoms with Crippen LogP contribution in [0.15, 0.2) is 78.9 Å². The molecule has 0 fully saturated rings. The molecule has 28 heavy (non-hydrogen) atoms. The van der Waals surface area contributed by atoms with E-state index in [4.69, 9.17) is 0 Å². The molecule has 0 aromatic heterocycles. The second-order valence-electron chi connectivity index (χ2n) is 6.75. The fraction of sp³-hybridized carbons (Fsp3) is 0.167. The SMILES string of the molecule is Cc1cccc(NC(=O)c2ccc(C(=O)NCCCc3ccccc3)cc2)c1. The van der Waals surface area contributed by atoms with Crippen LogP contribution < -0.4 is 10.6 Å². The van der Waals surface area contributed by atoms with Gasteiger partial charge in [-0.05, 0) is 67.3 Å². The first kappa shape index (κ1) is 19.4. The average molecular weight is 372 g/mol. The molecule has 4 nitrogen and oxygen atoms in total. The van der Waals surface area contributed by atoms with Crippen LogP contribution in [0.5, 0.6) is 0 Å². The van der Waals surface area contributed by atoms with Crippen LogP contribution in [-0.2, 0) is 6.42 Å². The summed E-state index contributed by atoms with van der Waals surface area (Å²) in [5.74, 6) is -0.320. The third kappa shape index (κ3) is 5.55. The molecule has 2 amide bonds. The van der Waals surface area contributed by atoms with E-state index < -0.39 is 0 Å². The Hall–Kier alpha value is -3.40. The number of aryl methyl sites for hydroxylation is 2. The van der Waals surface area contributed by atoms with Crippen LogP contribution in [0.4, 0.5) is 5.69 Å². The second-order valence-corrected chi connectivity index (χ2v) is 6.75. The van der Waals surface area contributed by atoms with Crippen LogP contribution in [0.25, 0.3) is 0 Å². The first-order valence-electron chi connectivity index (χ1n) is 9.42. The predicted molar refractivity (Wildman–Crippen MR) is 113 cm³/mol. The molecule has 0 aliphatic carbocycles. The highest BCUT2D eigenvalue weighted by Gasteiger charge is 2.09. The van der Waals surface area contributed by atoms with Gasteiger partial charge >= 0.3 is 0 Å². The van der Waals surface area contributed by atoms with Crippen molar-refractivity contribution in [1.29, 1.82) is 0 Å². The Kier molecular flexibility index (Phi) is 6.58. The molecule has 0 saturated heterocycles. The summed E-state index contributed by atoms with van der Waals surface area (Å²) in [7, 11) is 0. The van der Waals surface area contributed by atoms with Crippen LogP contribution >= 0.6 is 0 Å². The summed E-state index contributed by atoms with van der Waals surface area (Å²) in [5, 5.41) is 5.79. The van der Waals surface area contributed by atoms with Crippen LogP contribution in [0.3, 0.4) is 0 Å². The molecule has 0 unspecified atom stereocenters. The number of anilines is 1. The Balaban J connectivity index is 1.49. The maximum absolute atomic E-state index is 12.3. The number of hydrogen-bond acceptors (Lipinski definition) is 2. The molecule has 3 rings (SSSR count). The van der Waals surface area contributed by atoms with Gasteiger partial charge < -0.3 is 10.6 Å². The maximum atomic E-state index is 12.3. The third-order valence-corrected chi connectivity index (χ3v) is 4.46. The van der Waals surface area contributed by atoms with Crippen molar-refractivity contribution in [1.82, 2.24) is 5.32 Å². The Bertz CT molecular complexity index is 934. The van der Waals surface area contributed by atoms with Crippen LogP contribution in [0.2, 0.25) is 0 Å². The normalized spacial score (nSPS) is 10.3. The second kappa shape index (κ2) is 9.51. The third-order valence-electron chi connectivity index (χ3n) is 4.46. The fourth-order valence-electron chi connectivity index (χ4n) is 2.94. The highest BCUT2D eigenvalue weighted by atomic mass is 16.2. The number of hydrogen-bond donors (Lipinski definition) is 2. The highest BCUT2D eigenvalue weighted by molar-refractivity contribution is 6.05. The van der Waals surface area contributed by atoms with Crippen LogP contribution in [0.1, 0.15) is 38.3 Å². The lowest BCUT2D eigenvalue weighted by atomic mass is 10.1. The van der Waals surface area contributed by atoms with Crippen molar-refractivity contribution in [2.75, 3.05) is 11.9 Å². The first-order chi connectivity index (χ1) is 13.6. The monoisotopic (exact) mass is 372 g/mol. The molecule has 0 heterocycles. The van der Waals surface area contributed by atoms with Crippen molar-refractivity contribution in [3.63, 3.8) is 0 Å². The molecular formula is C24H24N2O2. The number of benzene rings is 3. The zero-order valence-electron chi connectivity index (χ0n) is 15.9. The average Bonchev–Trinajstić information content (AvgIpc) is 2.72. The van der Waals surface area contributed by atoms with Crippen molar-refractivity contribution in [2.45, 2.75) is 19.8 Å². The van der Waals surface area contributed by atoms with Crippen molar-refractivity contribution >= 4 is 17.5 Å². The topological polar surface area (TPSA) is 58.2 Å². The van der Waals surface area contributed by atoms with Gasteiger partial charge in [0.05, 0.1) is 0 Å².